The maximum atomic E-state index is 12.4. The van der Waals surface area contributed by atoms with Gasteiger partial charge >= 0.3 is 0 Å². The summed E-state index contributed by atoms with van der Waals surface area (Å²) in [6, 6.07) is 42.8. The third-order valence-electron chi connectivity index (χ3n) is 8.87. The molecule has 2 aliphatic heterocycles. The van der Waals surface area contributed by atoms with E-state index in [0.717, 1.165) is 35.9 Å². The summed E-state index contributed by atoms with van der Waals surface area (Å²) in [6.07, 6.45) is 1.56. The fourth-order valence-electron chi connectivity index (χ4n) is 6.49. The second-order valence-electron chi connectivity index (χ2n) is 12.5. The Balaban J connectivity index is 1.32. The van der Waals surface area contributed by atoms with Gasteiger partial charge in [0, 0.05) is 47.7 Å². The highest BCUT2D eigenvalue weighted by atomic mass is 16.6. The van der Waals surface area contributed by atoms with Crippen molar-refractivity contribution in [3.05, 3.63) is 171 Å². The monoisotopic (exact) mass is 619 g/mol. The smallest absolute Gasteiger partial charge is 0.270 e. The zero-order valence-corrected chi connectivity index (χ0v) is 26.7. The number of aliphatic imine (C=N–C) groups is 2. The fraction of sp³-hybridized carbons (Fsp3) is 0.200. The lowest BCUT2D eigenvalue weighted by Crippen LogP contribution is -2.32. The maximum Gasteiger partial charge on any atom is 0.270 e. The second-order valence-corrected chi connectivity index (χ2v) is 12.5. The van der Waals surface area contributed by atoms with Crippen LogP contribution in [0.1, 0.15) is 33.4 Å². The number of rotatable bonds is 9. The number of hydrogen-bond acceptors (Lipinski definition) is 6. The molecule has 47 heavy (non-hydrogen) atoms. The third kappa shape index (κ3) is 6.70. The Morgan fingerprint density at radius 1 is 0.617 bits per heavy atom. The quantitative estimate of drug-likeness (QED) is 0.124. The molecule has 0 unspecified atom stereocenters. The Kier molecular flexibility index (Phi) is 8.36. The van der Waals surface area contributed by atoms with E-state index in [1.807, 2.05) is 42.5 Å². The Labute approximate surface area is 275 Å². The van der Waals surface area contributed by atoms with Gasteiger partial charge in [-0.25, -0.2) is 0 Å². The van der Waals surface area contributed by atoms with Crippen molar-refractivity contribution in [1.29, 1.82) is 0 Å². The van der Waals surface area contributed by atoms with Crippen LogP contribution in [-0.4, -0.2) is 41.8 Å². The number of anilines is 2. The first kappa shape index (κ1) is 30.1. The van der Waals surface area contributed by atoms with E-state index in [2.05, 4.69) is 96.4 Å². The van der Waals surface area contributed by atoms with Crippen molar-refractivity contribution in [3.63, 3.8) is 0 Å². The highest BCUT2D eigenvalue weighted by molar-refractivity contribution is 6.16. The zero-order valence-electron chi connectivity index (χ0n) is 26.7. The molecule has 0 aromatic heterocycles. The molecule has 0 N–H and O–H groups in total. The van der Waals surface area contributed by atoms with Gasteiger partial charge in [0.15, 0.2) is 0 Å². The highest BCUT2D eigenvalue weighted by Gasteiger charge is 2.32. The summed E-state index contributed by atoms with van der Waals surface area (Å²) in [4.78, 5) is 27.0. The largest absolute Gasteiger partial charge is 0.324 e. The van der Waals surface area contributed by atoms with E-state index in [-0.39, 0.29) is 22.7 Å². The van der Waals surface area contributed by atoms with E-state index in [1.165, 1.54) is 22.3 Å². The minimum atomic E-state index is -0.312. The van der Waals surface area contributed by atoms with Gasteiger partial charge in [-0.2, -0.15) is 0 Å². The van der Waals surface area contributed by atoms with Crippen LogP contribution in [0, 0.1) is 24.0 Å². The number of benzene rings is 5. The first-order valence-corrected chi connectivity index (χ1v) is 16.1. The van der Waals surface area contributed by atoms with E-state index in [4.69, 9.17) is 9.98 Å². The van der Waals surface area contributed by atoms with Gasteiger partial charge in [-0.05, 0) is 68.1 Å². The van der Waals surface area contributed by atoms with E-state index in [1.54, 1.807) is 12.1 Å². The van der Waals surface area contributed by atoms with Gasteiger partial charge in [0.2, 0.25) is 0 Å². The SMILES string of the molecule is Cc1ccc(N2C[C@H](Cc3ccccc3)N=C2c2cc(C3=N[C@@H](Cc4ccccc4)CN3c3ccc(C)cc3)cc([N+](=O)[O-])c2)cc1. The molecule has 2 heterocycles. The van der Waals surface area contributed by atoms with Gasteiger partial charge in [0.25, 0.3) is 5.69 Å². The predicted octanol–water partition coefficient (Wildman–Crippen LogP) is 7.97. The summed E-state index contributed by atoms with van der Waals surface area (Å²) in [5, 5.41) is 12.4. The zero-order chi connectivity index (χ0) is 32.3. The molecular formula is C40H37N5O2. The van der Waals surface area contributed by atoms with Gasteiger partial charge in [-0.3, -0.25) is 20.1 Å². The third-order valence-corrected chi connectivity index (χ3v) is 8.87. The average Bonchev–Trinajstić information content (AvgIpc) is 3.71. The Morgan fingerprint density at radius 2 is 1.02 bits per heavy atom. The molecule has 0 aliphatic carbocycles. The second kappa shape index (κ2) is 13.0. The molecule has 234 valence electrons. The lowest BCUT2D eigenvalue weighted by Gasteiger charge is -2.24. The van der Waals surface area contributed by atoms with Crippen LogP contribution in [0.4, 0.5) is 17.1 Å². The molecule has 0 amide bonds. The molecule has 7 heteroatoms. The Morgan fingerprint density at radius 3 is 1.40 bits per heavy atom. The van der Waals surface area contributed by atoms with Crippen LogP contribution >= 0.6 is 0 Å². The van der Waals surface area contributed by atoms with Crippen molar-refractivity contribution >= 4 is 28.7 Å². The van der Waals surface area contributed by atoms with Crippen LogP contribution in [0.5, 0.6) is 0 Å². The number of nitrogens with zero attached hydrogens (tertiary/aromatic N) is 5. The number of hydrogen-bond donors (Lipinski definition) is 0. The average molecular weight is 620 g/mol. The first-order chi connectivity index (χ1) is 22.9. The number of nitro groups is 1. The van der Waals surface area contributed by atoms with Crippen molar-refractivity contribution in [2.24, 2.45) is 9.98 Å². The molecule has 0 saturated carbocycles. The number of nitro benzene ring substituents is 1. The van der Waals surface area contributed by atoms with Crippen LogP contribution < -0.4 is 9.80 Å². The molecule has 0 saturated heterocycles. The van der Waals surface area contributed by atoms with Crippen molar-refractivity contribution < 1.29 is 4.92 Å². The van der Waals surface area contributed by atoms with E-state index < -0.39 is 0 Å². The summed E-state index contributed by atoms with van der Waals surface area (Å²) in [6.45, 7) is 5.50. The molecule has 0 radical (unpaired) electrons. The molecule has 2 aliphatic rings. The van der Waals surface area contributed by atoms with Crippen LogP contribution in [0.3, 0.4) is 0 Å². The summed E-state index contributed by atoms with van der Waals surface area (Å²) >= 11 is 0. The molecular weight excluding hydrogens is 582 g/mol. The summed E-state index contributed by atoms with van der Waals surface area (Å²) in [7, 11) is 0. The number of non-ortho nitro benzene ring substituents is 1. The molecule has 7 nitrogen and oxygen atoms in total. The van der Waals surface area contributed by atoms with Crippen LogP contribution in [0.25, 0.3) is 0 Å². The predicted molar refractivity (Wildman–Crippen MR) is 191 cm³/mol. The molecule has 2 atom stereocenters. The summed E-state index contributed by atoms with van der Waals surface area (Å²) in [5.41, 5.74) is 8.24. The normalized spacial score (nSPS) is 17.5. The van der Waals surface area contributed by atoms with Gasteiger partial charge < -0.3 is 9.80 Å². The van der Waals surface area contributed by atoms with Gasteiger partial charge in [-0.1, -0.05) is 96.1 Å². The van der Waals surface area contributed by atoms with Gasteiger partial charge in [0.1, 0.15) is 11.7 Å². The molecule has 5 aromatic rings. The standard InChI is InChI=1S/C40H37N5O2/c1-28-13-17-36(18-14-28)43-26-34(21-30-9-5-3-6-10-30)41-39(43)32-23-33(25-38(24-32)45(46)47)40-42-35(22-31-11-7-4-8-12-31)27-44(40)37-19-15-29(2)16-20-37/h3-20,23-25,34-35H,21-22,26-27H2,1-2H3/t34-,35-/m0/s1. The lowest BCUT2D eigenvalue weighted by atomic mass is 10.1. The van der Waals surface area contributed by atoms with Crippen LogP contribution in [-0.2, 0) is 12.8 Å². The lowest BCUT2D eigenvalue weighted by molar-refractivity contribution is -0.384. The Bertz CT molecular complexity index is 1800. The number of amidine groups is 2. The van der Waals surface area contributed by atoms with E-state index >= 15 is 0 Å². The van der Waals surface area contributed by atoms with Gasteiger partial charge in [-0.15, -0.1) is 0 Å². The van der Waals surface area contributed by atoms with Crippen molar-refractivity contribution in [3.8, 4) is 0 Å². The molecule has 5 aromatic carbocycles. The molecule has 0 spiro atoms. The minimum Gasteiger partial charge on any atom is -0.324 e. The maximum absolute atomic E-state index is 12.4. The van der Waals surface area contributed by atoms with Crippen LogP contribution in [0.15, 0.2) is 137 Å². The molecule has 0 fully saturated rings. The first-order valence-electron chi connectivity index (χ1n) is 16.1. The van der Waals surface area contributed by atoms with Crippen LogP contribution in [0.2, 0.25) is 0 Å². The highest BCUT2D eigenvalue weighted by Crippen LogP contribution is 2.31. The summed E-state index contributed by atoms with van der Waals surface area (Å²) < 4.78 is 0. The molecule has 0 bridgehead atoms. The van der Waals surface area contributed by atoms with Gasteiger partial charge in [0.05, 0.1) is 17.0 Å². The van der Waals surface area contributed by atoms with Crippen molar-refractivity contribution in [2.75, 3.05) is 22.9 Å². The van der Waals surface area contributed by atoms with E-state index in [0.29, 0.717) is 24.2 Å². The minimum absolute atomic E-state index is 0.000420. The molecule has 7 rings (SSSR count). The topological polar surface area (TPSA) is 74.3 Å². The number of aryl methyl sites for hydroxylation is 2. The summed E-state index contributed by atoms with van der Waals surface area (Å²) in [5.74, 6) is 1.47. The fourth-order valence-corrected chi connectivity index (χ4v) is 6.49. The Hall–Kier alpha value is -5.56. The van der Waals surface area contributed by atoms with Crippen molar-refractivity contribution in [2.45, 2.75) is 38.8 Å². The van der Waals surface area contributed by atoms with Crippen molar-refractivity contribution in [1.82, 2.24) is 0 Å². The van der Waals surface area contributed by atoms with E-state index in [9.17, 15) is 10.1 Å².